The van der Waals surface area contributed by atoms with Crippen LogP contribution in [0.25, 0.3) is 27.6 Å². The molecular formula is C25H19N5O4S. The molecule has 0 spiro atoms. The van der Waals surface area contributed by atoms with Crippen molar-refractivity contribution in [2.24, 2.45) is 0 Å². The Labute approximate surface area is 203 Å². The second-order valence-electron chi connectivity index (χ2n) is 7.86. The third-order valence-electron chi connectivity index (χ3n) is 5.54. The number of amides is 1. The summed E-state index contributed by atoms with van der Waals surface area (Å²) in [5.74, 6) is -0.336. The molecule has 0 bridgehead atoms. The summed E-state index contributed by atoms with van der Waals surface area (Å²) in [7, 11) is 0. The molecule has 0 saturated heterocycles. The number of nitrogens with one attached hydrogen (secondary N) is 2. The minimum Gasteiger partial charge on any atom is -0.349 e. The van der Waals surface area contributed by atoms with Crippen molar-refractivity contribution in [1.29, 1.82) is 0 Å². The smallest absolute Gasteiger partial charge is 0.283 e. The number of thioether (sulfide) groups is 1. The molecule has 0 fully saturated rings. The third-order valence-corrected chi connectivity index (χ3v) is 6.48. The molecule has 0 radical (unpaired) electrons. The van der Waals surface area contributed by atoms with Gasteiger partial charge in [-0.15, -0.1) is 0 Å². The molecule has 10 heteroatoms. The maximum absolute atomic E-state index is 13.6. The lowest BCUT2D eigenvalue weighted by Gasteiger charge is -2.14. The topological polar surface area (TPSA) is 123 Å². The molecule has 2 aromatic heterocycles. The molecule has 3 aromatic carbocycles. The molecule has 174 valence electrons. The van der Waals surface area contributed by atoms with Crippen LogP contribution in [0, 0.1) is 17.0 Å². The number of hydrogen-bond acceptors (Lipinski definition) is 6. The fourth-order valence-electron chi connectivity index (χ4n) is 3.86. The van der Waals surface area contributed by atoms with Gasteiger partial charge in [0, 0.05) is 28.7 Å². The summed E-state index contributed by atoms with van der Waals surface area (Å²) in [5.41, 5.74) is 3.46. The van der Waals surface area contributed by atoms with Crippen LogP contribution < -0.4 is 10.9 Å². The highest BCUT2D eigenvalue weighted by Gasteiger charge is 2.19. The van der Waals surface area contributed by atoms with Crippen LogP contribution in [-0.4, -0.2) is 31.1 Å². The Hall–Kier alpha value is -4.44. The van der Waals surface area contributed by atoms with E-state index in [1.54, 1.807) is 0 Å². The van der Waals surface area contributed by atoms with Gasteiger partial charge in [0.05, 0.1) is 16.4 Å². The number of rotatable bonds is 6. The van der Waals surface area contributed by atoms with E-state index in [0.29, 0.717) is 27.6 Å². The van der Waals surface area contributed by atoms with E-state index in [4.69, 9.17) is 4.98 Å². The number of benzene rings is 3. The van der Waals surface area contributed by atoms with Crippen molar-refractivity contribution in [3.8, 4) is 5.69 Å². The Morgan fingerprint density at radius 3 is 2.54 bits per heavy atom. The van der Waals surface area contributed by atoms with Gasteiger partial charge in [-0.05, 0) is 36.8 Å². The molecular weight excluding hydrogens is 466 g/mol. The number of aromatic amines is 1. The normalized spacial score (nSPS) is 11.1. The molecule has 0 aliphatic rings. The van der Waals surface area contributed by atoms with Gasteiger partial charge in [0.25, 0.3) is 11.2 Å². The average Bonchev–Trinajstić information content (AvgIpc) is 3.23. The first kappa shape index (κ1) is 22.4. The molecule has 5 aromatic rings. The summed E-state index contributed by atoms with van der Waals surface area (Å²) >= 11 is 1.14. The van der Waals surface area contributed by atoms with Crippen LogP contribution >= 0.6 is 11.8 Å². The summed E-state index contributed by atoms with van der Waals surface area (Å²) in [6.45, 7) is 1.91. The zero-order chi connectivity index (χ0) is 24.5. The number of aryl methyl sites for hydroxylation is 1. The van der Waals surface area contributed by atoms with Gasteiger partial charge in [-0.3, -0.25) is 24.3 Å². The first-order valence-electron chi connectivity index (χ1n) is 10.7. The minimum atomic E-state index is -0.501. The molecule has 9 nitrogen and oxygen atoms in total. The second kappa shape index (κ2) is 9.07. The molecule has 0 unspecified atom stereocenters. The van der Waals surface area contributed by atoms with Gasteiger partial charge in [-0.2, -0.15) is 0 Å². The molecule has 5 rings (SSSR count). The van der Waals surface area contributed by atoms with Crippen LogP contribution in [-0.2, 0) is 4.79 Å². The predicted octanol–water partition coefficient (Wildman–Crippen LogP) is 4.81. The number of carbonyl (C=O) groups excluding carboxylic acids is 1. The van der Waals surface area contributed by atoms with Gasteiger partial charge in [-0.1, -0.05) is 48.2 Å². The second-order valence-corrected chi connectivity index (χ2v) is 8.80. The molecule has 0 atom stereocenters. The number of aromatic nitrogens is 3. The fraction of sp³-hybridized carbons (Fsp3) is 0.0800. The number of non-ortho nitro benzene ring substituents is 1. The Balaban J connectivity index is 1.51. The number of nitro groups is 1. The van der Waals surface area contributed by atoms with Crippen LogP contribution in [0.3, 0.4) is 0 Å². The van der Waals surface area contributed by atoms with Gasteiger partial charge in [-0.25, -0.2) is 4.98 Å². The van der Waals surface area contributed by atoms with E-state index >= 15 is 0 Å². The van der Waals surface area contributed by atoms with Crippen molar-refractivity contribution < 1.29 is 9.72 Å². The first-order chi connectivity index (χ1) is 16.9. The fourth-order valence-corrected chi connectivity index (χ4v) is 4.66. The van der Waals surface area contributed by atoms with Crippen molar-refractivity contribution in [3.05, 3.63) is 98.8 Å². The van der Waals surface area contributed by atoms with Crippen molar-refractivity contribution in [2.45, 2.75) is 12.1 Å². The highest BCUT2D eigenvalue weighted by molar-refractivity contribution is 7.99. The van der Waals surface area contributed by atoms with Gasteiger partial charge < -0.3 is 10.3 Å². The number of anilines is 1. The SMILES string of the molecule is Cc1ccccc1-n1c(SCC(=O)Nc2ccc([N+](=O)[O-])cc2)nc2c([nH]c3ccccc32)c1=O. The highest BCUT2D eigenvalue weighted by atomic mass is 32.2. The molecule has 2 N–H and O–H groups in total. The molecule has 35 heavy (non-hydrogen) atoms. The van der Waals surface area contributed by atoms with Crippen molar-refractivity contribution in [1.82, 2.24) is 14.5 Å². The molecule has 2 heterocycles. The van der Waals surface area contributed by atoms with Crippen LogP contribution in [0.2, 0.25) is 0 Å². The van der Waals surface area contributed by atoms with Gasteiger partial charge >= 0.3 is 0 Å². The van der Waals surface area contributed by atoms with Crippen molar-refractivity contribution in [3.63, 3.8) is 0 Å². The van der Waals surface area contributed by atoms with E-state index in [1.165, 1.54) is 28.8 Å². The van der Waals surface area contributed by atoms with E-state index < -0.39 is 4.92 Å². The lowest BCUT2D eigenvalue weighted by Crippen LogP contribution is -2.23. The van der Waals surface area contributed by atoms with Crippen molar-refractivity contribution >= 4 is 51.0 Å². The quantitative estimate of drug-likeness (QED) is 0.154. The Bertz CT molecular complexity index is 1660. The van der Waals surface area contributed by atoms with Crippen LogP contribution in [0.15, 0.2) is 82.7 Å². The van der Waals surface area contributed by atoms with E-state index in [2.05, 4.69) is 10.3 Å². The maximum atomic E-state index is 13.6. The van der Waals surface area contributed by atoms with Gasteiger partial charge in [0.2, 0.25) is 5.91 Å². The Morgan fingerprint density at radius 2 is 1.80 bits per heavy atom. The Kier molecular flexibility index (Phi) is 5.79. The average molecular weight is 486 g/mol. The molecule has 1 amide bonds. The maximum Gasteiger partial charge on any atom is 0.283 e. The Morgan fingerprint density at radius 1 is 1.09 bits per heavy atom. The third kappa shape index (κ3) is 4.26. The number of H-pyrrole nitrogens is 1. The van der Waals surface area contributed by atoms with Crippen LogP contribution in [0.4, 0.5) is 11.4 Å². The molecule has 0 saturated carbocycles. The zero-order valence-electron chi connectivity index (χ0n) is 18.5. The zero-order valence-corrected chi connectivity index (χ0v) is 19.3. The highest BCUT2D eigenvalue weighted by Crippen LogP contribution is 2.27. The van der Waals surface area contributed by atoms with Gasteiger partial charge in [0.15, 0.2) is 5.16 Å². The lowest BCUT2D eigenvalue weighted by atomic mass is 10.2. The largest absolute Gasteiger partial charge is 0.349 e. The number of carbonyl (C=O) groups is 1. The number of hydrogen-bond donors (Lipinski definition) is 2. The summed E-state index contributed by atoms with van der Waals surface area (Å²) in [5, 5.41) is 14.8. The van der Waals surface area contributed by atoms with E-state index in [1.807, 2.05) is 55.5 Å². The van der Waals surface area contributed by atoms with Crippen LogP contribution in [0.1, 0.15) is 5.56 Å². The number of fused-ring (bicyclic) bond motifs is 3. The monoisotopic (exact) mass is 485 g/mol. The van der Waals surface area contributed by atoms with Gasteiger partial charge in [0.1, 0.15) is 11.0 Å². The number of nitrogens with zero attached hydrogens (tertiary/aromatic N) is 3. The standard InChI is InChI=1S/C25H19N5O4S/c1-15-6-2-5-9-20(15)29-24(32)23-22(18-7-3-4-8-19(18)27-23)28-25(29)35-14-21(31)26-16-10-12-17(13-11-16)30(33)34/h2-13,27H,14H2,1H3,(H,26,31). The van der Waals surface area contributed by atoms with Crippen LogP contribution in [0.5, 0.6) is 0 Å². The number of nitro benzene ring substituents is 1. The number of para-hydroxylation sites is 2. The van der Waals surface area contributed by atoms with Crippen molar-refractivity contribution in [2.75, 3.05) is 11.1 Å². The summed E-state index contributed by atoms with van der Waals surface area (Å²) in [4.78, 5) is 44.6. The molecule has 0 aliphatic carbocycles. The van der Waals surface area contributed by atoms with E-state index in [0.717, 1.165) is 28.2 Å². The van der Waals surface area contributed by atoms with E-state index in [-0.39, 0.29) is 22.9 Å². The summed E-state index contributed by atoms with van der Waals surface area (Å²) < 4.78 is 1.52. The van der Waals surface area contributed by atoms with E-state index in [9.17, 15) is 19.7 Å². The predicted molar refractivity (Wildman–Crippen MR) is 136 cm³/mol. The first-order valence-corrected chi connectivity index (χ1v) is 11.7. The summed E-state index contributed by atoms with van der Waals surface area (Å²) in [6, 6.07) is 20.6. The molecule has 0 aliphatic heterocycles. The summed E-state index contributed by atoms with van der Waals surface area (Å²) in [6.07, 6.45) is 0. The minimum absolute atomic E-state index is 0.0107. The lowest BCUT2D eigenvalue weighted by molar-refractivity contribution is -0.384.